The van der Waals surface area contributed by atoms with Crippen LogP contribution in [0.2, 0.25) is 0 Å². The molecule has 4 nitrogen and oxygen atoms in total. The van der Waals surface area contributed by atoms with Crippen LogP contribution in [0.15, 0.2) is 0 Å². The van der Waals surface area contributed by atoms with Crippen LogP contribution >= 0.6 is 0 Å². The van der Waals surface area contributed by atoms with Crippen LogP contribution in [0.4, 0.5) is 0 Å². The topological polar surface area (TPSA) is 33.7 Å². The Morgan fingerprint density at radius 1 is 1.31 bits per heavy atom. The zero-order chi connectivity index (χ0) is 11.8. The van der Waals surface area contributed by atoms with Crippen molar-refractivity contribution in [2.24, 2.45) is 0 Å². The monoisotopic (exact) mass is 230 g/mol. The minimum absolute atomic E-state index is 0.172. The smallest absolute Gasteiger partial charge is 0.0928 e. The minimum Gasteiger partial charge on any atom is -0.382 e. The van der Waals surface area contributed by atoms with Crippen LogP contribution in [0.25, 0.3) is 0 Å². The Labute approximate surface area is 99.3 Å². The maximum absolute atomic E-state index is 5.34. The summed E-state index contributed by atoms with van der Waals surface area (Å²) in [4.78, 5) is 2.41. The summed E-state index contributed by atoms with van der Waals surface area (Å²) in [7, 11) is 5.66. The number of hydrogen-bond donors (Lipinski definition) is 1. The summed E-state index contributed by atoms with van der Waals surface area (Å²) in [5.74, 6) is 0. The van der Waals surface area contributed by atoms with Crippen LogP contribution in [0.5, 0.6) is 0 Å². The van der Waals surface area contributed by atoms with E-state index < -0.39 is 0 Å². The Kier molecular flexibility index (Phi) is 6.96. The van der Waals surface area contributed by atoms with Crippen molar-refractivity contribution in [1.82, 2.24) is 10.2 Å². The van der Waals surface area contributed by atoms with E-state index in [0.29, 0.717) is 12.6 Å². The maximum Gasteiger partial charge on any atom is 0.0928 e. The lowest BCUT2D eigenvalue weighted by atomic mass is 10.1. The molecule has 0 aromatic carbocycles. The summed E-state index contributed by atoms with van der Waals surface area (Å²) in [5, 5.41) is 3.59. The highest BCUT2D eigenvalue weighted by Gasteiger charge is 2.16. The van der Waals surface area contributed by atoms with Crippen molar-refractivity contribution in [3.8, 4) is 0 Å². The lowest BCUT2D eigenvalue weighted by molar-refractivity contribution is 0.0271. The van der Waals surface area contributed by atoms with E-state index in [1.54, 1.807) is 14.2 Å². The van der Waals surface area contributed by atoms with Gasteiger partial charge in [-0.05, 0) is 39.4 Å². The van der Waals surface area contributed by atoms with Crippen molar-refractivity contribution in [2.45, 2.75) is 31.4 Å². The predicted molar refractivity (Wildman–Crippen MR) is 65.8 cm³/mol. The fourth-order valence-corrected chi connectivity index (χ4v) is 2.14. The fourth-order valence-electron chi connectivity index (χ4n) is 2.14. The Balaban J connectivity index is 2.20. The van der Waals surface area contributed by atoms with Crippen LogP contribution in [-0.4, -0.2) is 64.6 Å². The molecule has 0 radical (unpaired) electrons. The Morgan fingerprint density at radius 2 is 2.12 bits per heavy atom. The van der Waals surface area contributed by atoms with Crippen molar-refractivity contribution >= 4 is 0 Å². The average Bonchev–Trinajstić information content (AvgIpc) is 2.49. The van der Waals surface area contributed by atoms with E-state index in [-0.39, 0.29) is 6.10 Å². The first kappa shape index (κ1) is 13.9. The van der Waals surface area contributed by atoms with Crippen LogP contribution in [-0.2, 0) is 9.47 Å². The molecule has 1 rings (SSSR count). The molecule has 0 aliphatic carbocycles. The van der Waals surface area contributed by atoms with Gasteiger partial charge in [0, 0.05) is 26.8 Å². The Bertz CT molecular complexity index is 178. The molecule has 96 valence electrons. The molecule has 1 aliphatic heterocycles. The standard InChI is InChI=1S/C12H26N2O2/c1-14-7-4-5-11(6-8-14)13-9-12(16-3)10-15-2/h11-13H,4-10H2,1-3H3. The van der Waals surface area contributed by atoms with Crippen molar-refractivity contribution in [3.63, 3.8) is 0 Å². The van der Waals surface area contributed by atoms with Crippen LogP contribution in [0, 0.1) is 0 Å². The van der Waals surface area contributed by atoms with Gasteiger partial charge in [0.25, 0.3) is 0 Å². The molecule has 16 heavy (non-hydrogen) atoms. The quantitative estimate of drug-likeness (QED) is 0.729. The highest BCUT2D eigenvalue weighted by atomic mass is 16.5. The highest BCUT2D eigenvalue weighted by Crippen LogP contribution is 2.09. The highest BCUT2D eigenvalue weighted by molar-refractivity contribution is 4.75. The molecule has 2 atom stereocenters. The van der Waals surface area contributed by atoms with Gasteiger partial charge in [-0.3, -0.25) is 0 Å². The van der Waals surface area contributed by atoms with Crippen LogP contribution in [0.3, 0.4) is 0 Å². The molecule has 0 spiro atoms. The number of nitrogens with one attached hydrogen (secondary N) is 1. The normalized spacial score (nSPS) is 25.3. The summed E-state index contributed by atoms with van der Waals surface area (Å²) in [5.41, 5.74) is 0. The van der Waals surface area contributed by atoms with E-state index in [1.807, 2.05) is 0 Å². The van der Waals surface area contributed by atoms with Gasteiger partial charge in [-0.25, -0.2) is 0 Å². The molecule has 0 aromatic rings. The number of hydrogen-bond acceptors (Lipinski definition) is 4. The van der Waals surface area contributed by atoms with E-state index in [9.17, 15) is 0 Å². The molecule has 2 unspecified atom stereocenters. The molecule has 4 heteroatoms. The van der Waals surface area contributed by atoms with E-state index in [0.717, 1.165) is 6.54 Å². The second kappa shape index (κ2) is 8.01. The van der Waals surface area contributed by atoms with Crippen LogP contribution in [0.1, 0.15) is 19.3 Å². The molecule has 0 saturated carbocycles. The third kappa shape index (κ3) is 5.25. The van der Waals surface area contributed by atoms with Crippen molar-refractivity contribution in [1.29, 1.82) is 0 Å². The first-order valence-corrected chi connectivity index (χ1v) is 6.20. The zero-order valence-corrected chi connectivity index (χ0v) is 10.9. The number of likely N-dealkylation sites (tertiary alicyclic amines) is 1. The molecule has 1 heterocycles. The number of methoxy groups -OCH3 is 2. The molecule has 0 amide bonds. The molecule has 1 aliphatic rings. The third-order valence-electron chi connectivity index (χ3n) is 3.27. The first-order chi connectivity index (χ1) is 7.76. The minimum atomic E-state index is 0.172. The van der Waals surface area contributed by atoms with E-state index in [2.05, 4.69) is 17.3 Å². The summed E-state index contributed by atoms with van der Waals surface area (Å²) in [6, 6.07) is 0.638. The van der Waals surface area contributed by atoms with Gasteiger partial charge in [-0.2, -0.15) is 0 Å². The number of rotatable bonds is 6. The molecule has 0 aromatic heterocycles. The SMILES string of the molecule is COCC(CNC1CCCN(C)CC1)OC. The predicted octanol–water partition coefficient (Wildman–Crippen LogP) is 0.722. The van der Waals surface area contributed by atoms with E-state index in [4.69, 9.17) is 9.47 Å². The largest absolute Gasteiger partial charge is 0.382 e. The Morgan fingerprint density at radius 3 is 2.81 bits per heavy atom. The van der Waals surface area contributed by atoms with Crippen LogP contribution < -0.4 is 5.32 Å². The lowest BCUT2D eigenvalue weighted by Crippen LogP contribution is -2.38. The second-order valence-electron chi connectivity index (χ2n) is 4.65. The lowest BCUT2D eigenvalue weighted by Gasteiger charge is -2.21. The van der Waals surface area contributed by atoms with E-state index >= 15 is 0 Å². The van der Waals surface area contributed by atoms with Crippen molar-refractivity contribution < 1.29 is 9.47 Å². The van der Waals surface area contributed by atoms with Gasteiger partial charge in [0.05, 0.1) is 12.7 Å². The maximum atomic E-state index is 5.34. The summed E-state index contributed by atoms with van der Waals surface area (Å²) in [6.07, 6.45) is 3.97. The van der Waals surface area contributed by atoms with E-state index in [1.165, 1.54) is 32.4 Å². The zero-order valence-electron chi connectivity index (χ0n) is 10.9. The molecular weight excluding hydrogens is 204 g/mol. The molecule has 1 fully saturated rings. The van der Waals surface area contributed by atoms with Gasteiger partial charge >= 0.3 is 0 Å². The van der Waals surface area contributed by atoms with Gasteiger partial charge in [0.15, 0.2) is 0 Å². The molecular formula is C12H26N2O2. The second-order valence-corrected chi connectivity index (χ2v) is 4.65. The average molecular weight is 230 g/mol. The van der Waals surface area contributed by atoms with Gasteiger partial charge in [0.2, 0.25) is 0 Å². The van der Waals surface area contributed by atoms with Gasteiger partial charge in [0.1, 0.15) is 0 Å². The Hall–Kier alpha value is -0.160. The van der Waals surface area contributed by atoms with Gasteiger partial charge < -0.3 is 19.7 Å². The van der Waals surface area contributed by atoms with Crippen molar-refractivity contribution in [3.05, 3.63) is 0 Å². The number of ether oxygens (including phenoxy) is 2. The first-order valence-electron chi connectivity index (χ1n) is 6.20. The van der Waals surface area contributed by atoms with Gasteiger partial charge in [-0.15, -0.1) is 0 Å². The summed E-state index contributed by atoms with van der Waals surface area (Å²) < 4.78 is 10.4. The summed E-state index contributed by atoms with van der Waals surface area (Å²) >= 11 is 0. The van der Waals surface area contributed by atoms with Crippen molar-refractivity contribution in [2.75, 3.05) is 47.5 Å². The summed E-state index contributed by atoms with van der Waals surface area (Å²) in [6.45, 7) is 3.97. The fraction of sp³-hybridized carbons (Fsp3) is 1.00. The number of nitrogens with zero attached hydrogens (tertiary/aromatic N) is 1. The third-order valence-corrected chi connectivity index (χ3v) is 3.27. The molecule has 0 bridgehead atoms. The molecule has 1 N–H and O–H groups in total. The van der Waals surface area contributed by atoms with Gasteiger partial charge in [-0.1, -0.05) is 0 Å². The molecule has 1 saturated heterocycles.